The molecule has 8 heavy (non-hydrogen) atoms. The minimum Gasteiger partial charge on any atom is -0.545 e. The van der Waals surface area contributed by atoms with E-state index in [2.05, 4.69) is 20.4 Å². The molecule has 47 valence electrons. The molecule has 0 spiro atoms. The molecule has 0 aliphatic rings. The molecule has 3 nitrogen and oxygen atoms in total. The molecule has 0 atom stereocenters. The van der Waals surface area contributed by atoms with Gasteiger partial charge in [0.25, 0.3) is 0 Å². The Hall–Kier alpha value is -0.341. The molecule has 0 aromatic heterocycles. The molecule has 0 aliphatic carbocycles. The van der Waals surface area contributed by atoms with Crippen LogP contribution in [-0.2, 0) is 34.5 Å². The van der Waals surface area contributed by atoms with Crippen molar-refractivity contribution in [3.63, 3.8) is 0 Å². The second kappa shape index (κ2) is 1840. The van der Waals surface area contributed by atoms with Crippen LogP contribution in [0.25, 0.3) is 0 Å². The first-order valence-corrected chi connectivity index (χ1v) is 0.707. The minimum absolute atomic E-state index is 0. The zero-order valence-electron chi connectivity index (χ0n) is 4.33. The van der Waals surface area contributed by atoms with E-state index in [1.807, 2.05) is 0 Å². The molecule has 0 saturated carbocycles. The first-order chi connectivity index (χ1) is 3.00. The summed E-state index contributed by atoms with van der Waals surface area (Å²) in [7, 11) is 0. The smallest absolute Gasteiger partial charge is 0.545 e. The number of hydrogen-bond acceptors (Lipinski definition) is 3. The van der Waals surface area contributed by atoms with E-state index in [0.717, 1.165) is 0 Å². The zero-order chi connectivity index (χ0) is 6.00. The summed E-state index contributed by atoms with van der Waals surface area (Å²) in [6, 6.07) is 0. The van der Waals surface area contributed by atoms with Crippen molar-refractivity contribution in [2.45, 2.75) is 0 Å². The SMILES string of the molecule is [CH-]=O.[CH-]=O.[CH-]=O.[CH3-].[Tc+4]. The largest absolute Gasteiger partial charge is 4.00 e. The predicted octanol–water partition coefficient (Wildman–Crippen LogP) is -0.375. The van der Waals surface area contributed by atoms with Crippen molar-refractivity contribution < 1.29 is 34.5 Å². The van der Waals surface area contributed by atoms with Crippen LogP contribution in [0.2, 0.25) is 0 Å². The Balaban J connectivity index is -0.00000000500. The molecule has 0 aliphatic heterocycles. The van der Waals surface area contributed by atoms with Crippen LogP contribution in [0.4, 0.5) is 0 Å². The Morgan fingerprint density at radius 1 is 0.625 bits per heavy atom. The molecule has 0 aromatic rings. The van der Waals surface area contributed by atoms with Crippen LogP contribution < -0.4 is 0 Å². The van der Waals surface area contributed by atoms with Gasteiger partial charge in [-0.1, -0.05) is 0 Å². The maximum absolute atomic E-state index is 7.75. The number of hydrogen-bond donors (Lipinski definition) is 0. The van der Waals surface area contributed by atoms with Crippen molar-refractivity contribution in [3.05, 3.63) is 7.43 Å². The van der Waals surface area contributed by atoms with Crippen LogP contribution >= 0.6 is 0 Å². The van der Waals surface area contributed by atoms with Crippen molar-refractivity contribution >= 4 is 20.4 Å². The fraction of sp³-hybridized carbons (Fsp3) is 0. The fourth-order valence-corrected chi connectivity index (χ4v) is 0. The van der Waals surface area contributed by atoms with Crippen molar-refractivity contribution in [1.82, 2.24) is 0 Å². The van der Waals surface area contributed by atoms with E-state index in [9.17, 15) is 0 Å². The Kier molecular flexibility index (Phi) is 11000. The van der Waals surface area contributed by atoms with E-state index >= 15 is 0 Å². The van der Waals surface area contributed by atoms with Crippen LogP contribution in [0.3, 0.4) is 0 Å². The van der Waals surface area contributed by atoms with Gasteiger partial charge in [0.2, 0.25) is 0 Å². The average molecular weight is 200 g/mol. The average Bonchev–Trinajstić information content (AvgIpc) is 1.81. The van der Waals surface area contributed by atoms with Crippen molar-refractivity contribution in [2.75, 3.05) is 0 Å². The minimum atomic E-state index is 0. The van der Waals surface area contributed by atoms with Gasteiger partial charge < -0.3 is 21.8 Å². The normalized spacial score (nSPS) is 1.50. The third kappa shape index (κ3) is 1060. The van der Waals surface area contributed by atoms with Gasteiger partial charge in [0, 0.05) is 0 Å². The summed E-state index contributed by atoms with van der Waals surface area (Å²) in [5, 5.41) is 0. The van der Waals surface area contributed by atoms with Gasteiger partial charge in [0.05, 0.1) is 0 Å². The van der Waals surface area contributed by atoms with E-state index < -0.39 is 0 Å². The summed E-state index contributed by atoms with van der Waals surface area (Å²) >= 11 is 0. The third-order valence-corrected chi connectivity index (χ3v) is 0. The van der Waals surface area contributed by atoms with Crippen LogP contribution in [0.15, 0.2) is 0 Å². The van der Waals surface area contributed by atoms with Gasteiger partial charge in [0.1, 0.15) is 0 Å². The van der Waals surface area contributed by atoms with Gasteiger partial charge in [-0.2, -0.15) is 0 Å². The molecule has 4 heteroatoms. The first-order valence-electron chi connectivity index (χ1n) is 0.707. The van der Waals surface area contributed by atoms with Crippen molar-refractivity contribution in [2.24, 2.45) is 0 Å². The predicted molar refractivity (Wildman–Crippen MR) is 26.7 cm³/mol. The summed E-state index contributed by atoms with van der Waals surface area (Å²) in [5.41, 5.74) is 0. The van der Waals surface area contributed by atoms with Gasteiger partial charge in [-0.25, -0.2) is 0 Å². The van der Waals surface area contributed by atoms with Crippen molar-refractivity contribution in [1.29, 1.82) is 0 Å². The number of carbonyl (C=O) groups excluding carboxylic acids is 3. The molecule has 0 bridgehead atoms. The Labute approximate surface area is 62.8 Å². The van der Waals surface area contributed by atoms with Gasteiger partial charge in [-0.3, -0.25) is 20.4 Å². The van der Waals surface area contributed by atoms with Gasteiger partial charge in [-0.05, 0) is 0 Å². The topological polar surface area (TPSA) is 51.2 Å². The second-order valence-electron chi connectivity index (χ2n) is 0. The van der Waals surface area contributed by atoms with Gasteiger partial charge in [-0.15, -0.1) is 0 Å². The van der Waals surface area contributed by atoms with E-state index in [1.54, 1.807) is 0 Å². The molecule has 0 saturated heterocycles. The molecule has 0 N–H and O–H groups in total. The molecule has 0 aromatic carbocycles. The maximum atomic E-state index is 7.75. The summed E-state index contributed by atoms with van der Waals surface area (Å²) in [4.78, 5) is 23.2. The van der Waals surface area contributed by atoms with Crippen LogP contribution in [0.1, 0.15) is 0 Å². The summed E-state index contributed by atoms with van der Waals surface area (Å²) in [6.07, 6.45) is 0. The second-order valence-corrected chi connectivity index (χ2v) is 0. The standard InChI is InChI=1S/3CHO.CH3.Tc/c3*1-2;;/h3*1H;1H3;/q4*-1;+4. The molecular formula is C4H6O3Tc. The van der Waals surface area contributed by atoms with Crippen LogP contribution in [0, 0.1) is 7.43 Å². The van der Waals surface area contributed by atoms with Gasteiger partial charge in [0.15, 0.2) is 0 Å². The molecule has 0 fully saturated rings. The summed E-state index contributed by atoms with van der Waals surface area (Å²) < 4.78 is 0. The van der Waals surface area contributed by atoms with Crippen LogP contribution in [0.5, 0.6) is 0 Å². The summed E-state index contributed by atoms with van der Waals surface area (Å²) in [6.45, 7) is 9.75. The summed E-state index contributed by atoms with van der Waals surface area (Å²) in [5.74, 6) is 0. The van der Waals surface area contributed by atoms with Crippen LogP contribution in [-0.4, -0.2) is 20.4 Å². The fourth-order valence-electron chi connectivity index (χ4n) is 0. The van der Waals surface area contributed by atoms with Crippen molar-refractivity contribution in [3.8, 4) is 0 Å². The molecular weight excluding hydrogens is 194 g/mol. The molecule has 0 unspecified atom stereocenters. The Bertz CT molecular complexity index is 16.0. The Morgan fingerprint density at radius 3 is 0.625 bits per heavy atom. The van der Waals surface area contributed by atoms with E-state index in [-0.39, 0.29) is 27.5 Å². The zero-order valence-corrected chi connectivity index (χ0v) is 6.19. The monoisotopic (exact) mass is 199 g/mol. The Morgan fingerprint density at radius 2 is 0.625 bits per heavy atom. The third-order valence-electron chi connectivity index (χ3n) is 0. The molecule has 1 radical (unpaired) electrons. The number of rotatable bonds is 0. The van der Waals surface area contributed by atoms with E-state index in [4.69, 9.17) is 14.4 Å². The maximum Gasteiger partial charge on any atom is 4.00 e. The molecule has 0 rings (SSSR count). The molecule has 0 amide bonds. The van der Waals surface area contributed by atoms with E-state index in [1.165, 1.54) is 0 Å². The first kappa shape index (κ1) is 48.0. The molecule has 0 heterocycles. The van der Waals surface area contributed by atoms with Gasteiger partial charge >= 0.3 is 20.1 Å². The van der Waals surface area contributed by atoms with E-state index in [0.29, 0.717) is 0 Å². The quantitative estimate of drug-likeness (QED) is 0.396.